The van der Waals surface area contributed by atoms with Crippen molar-refractivity contribution in [1.82, 2.24) is 0 Å². The van der Waals surface area contributed by atoms with Gasteiger partial charge < -0.3 is 25.2 Å². The number of halogens is 2. The molecule has 13 heteroatoms. The van der Waals surface area contributed by atoms with Gasteiger partial charge in [-0.25, -0.2) is 14.1 Å². The van der Waals surface area contributed by atoms with Crippen LogP contribution in [0.3, 0.4) is 0 Å². The summed E-state index contributed by atoms with van der Waals surface area (Å²) < 4.78 is 35.7. The molecule has 1 saturated carbocycles. The standard InChI is InChI=1S/C17H17ClFNO4.C5H12NO4P/c1-9(2)15-16(21)20(17(22)24-15)13-8-14(11(18)7-12(13)19)23-10-5-3-4-6-10;1-11(9,10)3-2-4(6)5(7)8/h7-8,10H,3-6H2,1-2H3;4H,2-3,6H2,1H3,(H,7,8)(H,9,10). The molecule has 2 unspecified atom stereocenters. The molecule has 0 radical (unpaired) electrons. The van der Waals surface area contributed by atoms with E-state index in [2.05, 4.69) is 0 Å². The van der Waals surface area contributed by atoms with Crippen molar-refractivity contribution in [2.24, 2.45) is 5.73 Å². The lowest BCUT2D eigenvalue weighted by Gasteiger charge is -2.18. The maximum absolute atomic E-state index is 14.3. The molecule has 0 spiro atoms. The van der Waals surface area contributed by atoms with Crippen LogP contribution in [0.15, 0.2) is 23.5 Å². The van der Waals surface area contributed by atoms with Gasteiger partial charge in [-0.15, -0.1) is 0 Å². The van der Waals surface area contributed by atoms with Crippen LogP contribution in [0.25, 0.3) is 0 Å². The Morgan fingerprint density at radius 1 is 1.34 bits per heavy atom. The fraction of sp³-hybridized carbons (Fsp3) is 0.500. The van der Waals surface area contributed by atoms with Crippen molar-refractivity contribution >= 4 is 42.6 Å². The minimum Gasteiger partial charge on any atom is -0.489 e. The van der Waals surface area contributed by atoms with Gasteiger partial charge >= 0.3 is 18.0 Å². The Morgan fingerprint density at radius 3 is 2.43 bits per heavy atom. The van der Waals surface area contributed by atoms with Crippen molar-refractivity contribution in [3.63, 3.8) is 0 Å². The molecule has 10 nitrogen and oxygen atoms in total. The normalized spacial score (nSPS) is 18.5. The summed E-state index contributed by atoms with van der Waals surface area (Å²) in [5.41, 5.74) is 5.40. The van der Waals surface area contributed by atoms with Crippen LogP contribution in [0, 0.1) is 5.82 Å². The summed E-state index contributed by atoms with van der Waals surface area (Å²) in [5, 5.41) is 8.38. The molecule has 0 aromatic heterocycles. The molecule has 1 aromatic rings. The molecular formula is C22H29ClFN2O8P. The van der Waals surface area contributed by atoms with E-state index in [1.165, 1.54) is 12.7 Å². The zero-order valence-electron chi connectivity index (χ0n) is 19.6. The molecule has 35 heavy (non-hydrogen) atoms. The summed E-state index contributed by atoms with van der Waals surface area (Å²) in [4.78, 5) is 43.9. The molecule has 2 fully saturated rings. The molecule has 0 bridgehead atoms. The molecule has 2 atom stereocenters. The third-order valence-corrected chi connectivity index (χ3v) is 6.62. The molecule has 1 aromatic carbocycles. The number of carboxylic acids is 1. The number of cyclic esters (lactones) is 1. The number of hydrogen-bond donors (Lipinski definition) is 3. The Kier molecular flexibility index (Phi) is 9.85. The van der Waals surface area contributed by atoms with Gasteiger partial charge in [-0.05, 0) is 57.6 Å². The van der Waals surface area contributed by atoms with Gasteiger partial charge in [0.1, 0.15) is 17.6 Å². The Labute approximate surface area is 207 Å². The predicted octanol–water partition coefficient (Wildman–Crippen LogP) is 4.27. The van der Waals surface area contributed by atoms with E-state index in [1.54, 1.807) is 13.8 Å². The van der Waals surface area contributed by atoms with Gasteiger partial charge in [0.2, 0.25) is 0 Å². The lowest BCUT2D eigenvalue weighted by molar-refractivity contribution is -0.138. The van der Waals surface area contributed by atoms with Crippen LogP contribution in [0.5, 0.6) is 5.75 Å². The van der Waals surface area contributed by atoms with E-state index < -0.39 is 37.2 Å². The van der Waals surface area contributed by atoms with Gasteiger partial charge in [0, 0.05) is 18.9 Å². The summed E-state index contributed by atoms with van der Waals surface area (Å²) in [7, 11) is -3.10. The Morgan fingerprint density at radius 2 is 1.94 bits per heavy atom. The SMILES string of the molecule is CC(C)=C1OC(=O)N(c2cc(OC3CCCC3)c(Cl)cc2F)C1=O.CP(=O)(O)CCC(N)C(=O)O. The first-order valence-corrected chi connectivity index (χ1v) is 13.6. The van der Waals surface area contributed by atoms with E-state index in [9.17, 15) is 23.3 Å². The predicted molar refractivity (Wildman–Crippen MR) is 127 cm³/mol. The third kappa shape index (κ3) is 8.03. The number of nitrogens with zero attached hydrogens (tertiary/aromatic N) is 1. The minimum atomic E-state index is -3.10. The number of amides is 2. The fourth-order valence-electron chi connectivity index (χ4n) is 3.35. The van der Waals surface area contributed by atoms with E-state index in [1.807, 2.05) is 0 Å². The second-order valence-corrected chi connectivity index (χ2v) is 11.6. The molecule has 3 rings (SSSR count). The third-order valence-electron chi connectivity index (χ3n) is 5.23. The number of anilines is 1. The Bertz CT molecular complexity index is 1060. The Balaban J connectivity index is 0.000000334. The van der Waals surface area contributed by atoms with E-state index in [0.29, 0.717) is 10.5 Å². The van der Waals surface area contributed by atoms with E-state index >= 15 is 0 Å². The first kappa shape index (κ1) is 28.8. The summed E-state index contributed by atoms with van der Waals surface area (Å²) in [6, 6.07) is 1.29. The number of ether oxygens (including phenoxy) is 2. The monoisotopic (exact) mass is 534 g/mol. The van der Waals surface area contributed by atoms with Crippen LogP contribution >= 0.6 is 19.0 Å². The van der Waals surface area contributed by atoms with Gasteiger partial charge in [0.05, 0.1) is 16.8 Å². The first-order chi connectivity index (χ1) is 16.2. The van der Waals surface area contributed by atoms with Crippen molar-refractivity contribution < 1.29 is 42.8 Å². The number of carboxylic acid groups (broad SMARTS) is 1. The zero-order valence-corrected chi connectivity index (χ0v) is 21.3. The van der Waals surface area contributed by atoms with Crippen LogP contribution < -0.4 is 15.4 Å². The smallest absolute Gasteiger partial charge is 0.427 e. The molecule has 194 valence electrons. The lowest BCUT2D eigenvalue weighted by Crippen LogP contribution is -2.30. The van der Waals surface area contributed by atoms with Crippen molar-refractivity contribution in [2.45, 2.75) is 58.1 Å². The maximum Gasteiger partial charge on any atom is 0.427 e. The Hall–Kier alpha value is -2.46. The minimum absolute atomic E-state index is 0.00962. The number of carbonyl (C=O) groups is 3. The van der Waals surface area contributed by atoms with Gasteiger partial charge in [-0.3, -0.25) is 14.2 Å². The number of allylic oxidation sites excluding steroid dienone is 1. The second kappa shape index (κ2) is 12.0. The quantitative estimate of drug-likeness (QED) is 0.343. The molecular weight excluding hydrogens is 506 g/mol. The number of carbonyl (C=O) groups excluding carboxylic acids is 2. The average molecular weight is 535 g/mol. The highest BCUT2D eigenvalue weighted by molar-refractivity contribution is 7.57. The van der Waals surface area contributed by atoms with Crippen LogP contribution in [0.2, 0.25) is 5.02 Å². The van der Waals surface area contributed by atoms with Gasteiger partial charge in [0.25, 0.3) is 0 Å². The maximum atomic E-state index is 14.3. The van der Waals surface area contributed by atoms with Crippen molar-refractivity contribution in [3.8, 4) is 5.75 Å². The number of imide groups is 1. The molecule has 1 saturated heterocycles. The summed E-state index contributed by atoms with van der Waals surface area (Å²) in [5.74, 6) is -2.47. The topological polar surface area (TPSA) is 156 Å². The molecule has 4 N–H and O–H groups in total. The number of benzene rings is 1. The first-order valence-electron chi connectivity index (χ1n) is 10.9. The summed E-state index contributed by atoms with van der Waals surface area (Å²) >= 11 is 6.04. The highest BCUT2D eigenvalue weighted by Gasteiger charge is 2.40. The molecule has 2 amide bonds. The fourth-order valence-corrected chi connectivity index (χ4v) is 4.30. The average Bonchev–Trinajstić information content (AvgIpc) is 3.36. The molecule has 1 aliphatic heterocycles. The van der Waals surface area contributed by atoms with E-state index in [-0.39, 0.29) is 40.9 Å². The molecule has 1 heterocycles. The number of aliphatic carboxylic acids is 1. The number of rotatable bonds is 7. The van der Waals surface area contributed by atoms with Gasteiger partial charge in [-0.1, -0.05) is 11.6 Å². The molecule has 1 aliphatic carbocycles. The van der Waals surface area contributed by atoms with Crippen molar-refractivity contribution in [1.29, 1.82) is 0 Å². The van der Waals surface area contributed by atoms with E-state index in [4.69, 9.17) is 36.8 Å². The highest BCUT2D eigenvalue weighted by atomic mass is 35.5. The second-order valence-electron chi connectivity index (χ2n) is 8.60. The largest absolute Gasteiger partial charge is 0.489 e. The van der Waals surface area contributed by atoms with Crippen LogP contribution in [0.4, 0.5) is 14.9 Å². The number of nitrogens with two attached hydrogens (primary N) is 1. The van der Waals surface area contributed by atoms with Gasteiger partial charge in [-0.2, -0.15) is 0 Å². The van der Waals surface area contributed by atoms with Crippen LogP contribution in [0.1, 0.15) is 46.0 Å². The van der Waals surface area contributed by atoms with Crippen molar-refractivity contribution in [3.05, 3.63) is 34.3 Å². The van der Waals surface area contributed by atoms with Gasteiger partial charge in [0.15, 0.2) is 13.1 Å². The van der Waals surface area contributed by atoms with Crippen molar-refractivity contribution in [2.75, 3.05) is 17.7 Å². The lowest BCUT2D eigenvalue weighted by atomic mass is 10.2. The zero-order chi connectivity index (χ0) is 26.5. The number of hydrogen-bond acceptors (Lipinski definition) is 7. The molecule has 2 aliphatic rings. The van der Waals surface area contributed by atoms with Crippen LogP contribution in [-0.2, 0) is 18.9 Å². The highest BCUT2D eigenvalue weighted by Crippen LogP contribution is 2.38. The summed E-state index contributed by atoms with van der Waals surface area (Å²) in [6.45, 7) is 4.45. The summed E-state index contributed by atoms with van der Waals surface area (Å²) in [6.07, 6.45) is 3.00. The van der Waals surface area contributed by atoms with E-state index in [0.717, 1.165) is 31.7 Å². The van der Waals surface area contributed by atoms with Crippen LogP contribution in [-0.4, -0.2) is 52.9 Å².